The van der Waals surface area contributed by atoms with E-state index in [1.54, 1.807) is 17.0 Å². The highest BCUT2D eigenvalue weighted by Gasteiger charge is 2.28. The highest BCUT2D eigenvalue weighted by atomic mass is 79.9. The molecule has 3 heterocycles. The summed E-state index contributed by atoms with van der Waals surface area (Å²) < 4.78 is 11.8. The first-order valence-electron chi connectivity index (χ1n) is 12.1. The number of hydrogen-bond donors (Lipinski definition) is 1. The van der Waals surface area contributed by atoms with Crippen molar-refractivity contribution in [1.29, 1.82) is 0 Å². The number of nitrogens with one attached hydrogen (secondary N) is 1. The number of amides is 2. The molecule has 1 aromatic heterocycles. The molecule has 2 amide bonds. The van der Waals surface area contributed by atoms with Gasteiger partial charge >= 0.3 is 0 Å². The van der Waals surface area contributed by atoms with Crippen LogP contribution in [-0.2, 0) is 16.1 Å². The quantitative estimate of drug-likeness (QED) is 0.495. The van der Waals surface area contributed by atoms with Crippen molar-refractivity contribution in [3.05, 3.63) is 64.5 Å². The van der Waals surface area contributed by atoms with E-state index >= 15 is 0 Å². The Bertz CT molecular complexity index is 1220. The van der Waals surface area contributed by atoms with Crippen LogP contribution < -0.4 is 5.32 Å². The van der Waals surface area contributed by atoms with Crippen LogP contribution in [0.5, 0.6) is 0 Å². The number of aromatic nitrogens is 2. The van der Waals surface area contributed by atoms with Crippen molar-refractivity contribution in [3.8, 4) is 11.4 Å². The Morgan fingerprint density at radius 2 is 1.81 bits per heavy atom. The number of para-hydroxylation sites is 1. The first-order chi connectivity index (χ1) is 17.6. The predicted octanol–water partition coefficient (Wildman–Crippen LogP) is 3.82. The van der Waals surface area contributed by atoms with Crippen LogP contribution in [0.25, 0.3) is 11.4 Å². The van der Waals surface area contributed by atoms with Crippen LogP contribution in [0.2, 0.25) is 0 Å². The average molecular weight is 554 g/mol. The molecule has 1 N–H and O–H groups in total. The number of carbonyl (C=O) groups is 2. The summed E-state index contributed by atoms with van der Waals surface area (Å²) in [7, 11) is 0. The predicted molar refractivity (Wildman–Crippen MR) is 137 cm³/mol. The summed E-state index contributed by atoms with van der Waals surface area (Å²) in [5.74, 6) is 0.874. The topological polar surface area (TPSA) is 101 Å². The van der Waals surface area contributed by atoms with Gasteiger partial charge in [-0.1, -0.05) is 45.4 Å². The van der Waals surface area contributed by atoms with E-state index in [0.717, 1.165) is 36.0 Å². The van der Waals surface area contributed by atoms with Crippen molar-refractivity contribution in [2.24, 2.45) is 5.92 Å². The molecule has 36 heavy (non-hydrogen) atoms. The third-order valence-electron chi connectivity index (χ3n) is 6.58. The summed E-state index contributed by atoms with van der Waals surface area (Å²) in [5.41, 5.74) is 1.97. The summed E-state index contributed by atoms with van der Waals surface area (Å²) >= 11 is 3.46. The number of anilines is 1. The highest BCUT2D eigenvalue weighted by Crippen LogP contribution is 2.25. The largest absolute Gasteiger partial charge is 0.378 e. The molecule has 0 bridgehead atoms. The van der Waals surface area contributed by atoms with Gasteiger partial charge in [0.05, 0.1) is 31.0 Å². The summed E-state index contributed by atoms with van der Waals surface area (Å²) in [6, 6.07) is 15.0. The monoisotopic (exact) mass is 553 g/mol. The van der Waals surface area contributed by atoms with E-state index in [1.165, 1.54) is 0 Å². The number of piperidine rings is 1. The highest BCUT2D eigenvalue weighted by molar-refractivity contribution is 9.10. The van der Waals surface area contributed by atoms with Crippen LogP contribution in [-0.4, -0.2) is 71.1 Å². The first kappa shape index (κ1) is 24.6. The standard InChI is InChI=1S/C26H28BrN5O4/c27-20-5-3-4-19(16-20)24-29-23(36-30-24)17-31-10-8-18(9-11-31)25(33)28-22-7-2-1-6-21(22)26(34)32-12-14-35-15-13-32/h1-7,16,18H,8-15,17H2,(H,28,33). The molecule has 0 saturated carbocycles. The van der Waals surface area contributed by atoms with Crippen LogP contribution >= 0.6 is 15.9 Å². The minimum absolute atomic E-state index is 0.0494. The van der Waals surface area contributed by atoms with Gasteiger partial charge in [-0.05, 0) is 50.2 Å². The Balaban J connectivity index is 1.15. The number of ether oxygens (including phenoxy) is 1. The van der Waals surface area contributed by atoms with Gasteiger partial charge in [-0.15, -0.1) is 0 Å². The molecular formula is C26H28BrN5O4. The van der Waals surface area contributed by atoms with Gasteiger partial charge in [-0.3, -0.25) is 14.5 Å². The molecule has 0 radical (unpaired) electrons. The van der Waals surface area contributed by atoms with Gasteiger partial charge in [-0.25, -0.2) is 0 Å². The van der Waals surface area contributed by atoms with E-state index in [9.17, 15) is 9.59 Å². The Hall–Kier alpha value is -3.08. The molecule has 2 aliphatic rings. The van der Waals surface area contributed by atoms with E-state index in [-0.39, 0.29) is 17.7 Å². The van der Waals surface area contributed by atoms with Crippen LogP contribution in [0.3, 0.4) is 0 Å². The molecule has 9 nitrogen and oxygen atoms in total. The van der Waals surface area contributed by atoms with E-state index in [4.69, 9.17) is 9.26 Å². The molecule has 0 aliphatic carbocycles. The number of likely N-dealkylation sites (tertiary alicyclic amines) is 1. The lowest BCUT2D eigenvalue weighted by Crippen LogP contribution is -2.41. The van der Waals surface area contributed by atoms with Crippen LogP contribution in [0.15, 0.2) is 57.5 Å². The third-order valence-corrected chi connectivity index (χ3v) is 7.08. The van der Waals surface area contributed by atoms with Crippen molar-refractivity contribution in [2.45, 2.75) is 19.4 Å². The molecule has 10 heteroatoms. The summed E-state index contributed by atoms with van der Waals surface area (Å²) in [6.45, 7) is 4.24. The maximum absolute atomic E-state index is 13.1. The molecule has 2 aliphatic heterocycles. The smallest absolute Gasteiger partial charge is 0.256 e. The number of carbonyl (C=O) groups excluding carboxylic acids is 2. The van der Waals surface area contributed by atoms with Gasteiger partial charge < -0.3 is 19.5 Å². The number of morpholine rings is 1. The van der Waals surface area contributed by atoms with Crippen molar-refractivity contribution < 1.29 is 18.8 Å². The average Bonchev–Trinajstić information content (AvgIpc) is 3.38. The zero-order valence-corrected chi connectivity index (χ0v) is 21.4. The summed E-state index contributed by atoms with van der Waals surface area (Å²) in [4.78, 5) is 34.6. The minimum atomic E-state index is -0.118. The second-order valence-corrected chi connectivity index (χ2v) is 9.93. The number of hydrogen-bond acceptors (Lipinski definition) is 7. The number of benzene rings is 2. The zero-order chi connectivity index (χ0) is 24.9. The first-order valence-corrected chi connectivity index (χ1v) is 12.9. The van der Waals surface area contributed by atoms with Crippen molar-refractivity contribution in [1.82, 2.24) is 19.9 Å². The van der Waals surface area contributed by atoms with E-state index in [2.05, 4.69) is 36.3 Å². The molecule has 0 atom stereocenters. The van der Waals surface area contributed by atoms with Crippen LogP contribution in [0, 0.1) is 5.92 Å². The van der Waals surface area contributed by atoms with Crippen molar-refractivity contribution >= 4 is 33.4 Å². The lowest BCUT2D eigenvalue weighted by Gasteiger charge is -2.30. The number of nitrogens with zero attached hydrogens (tertiary/aromatic N) is 4. The van der Waals surface area contributed by atoms with Crippen molar-refractivity contribution in [2.75, 3.05) is 44.7 Å². The maximum atomic E-state index is 13.1. The zero-order valence-electron chi connectivity index (χ0n) is 19.9. The molecule has 5 rings (SSSR count). The molecule has 3 aromatic rings. The van der Waals surface area contributed by atoms with Gasteiger partial charge in [0.25, 0.3) is 5.91 Å². The second-order valence-electron chi connectivity index (χ2n) is 9.01. The fourth-order valence-corrected chi connectivity index (χ4v) is 4.96. The van der Waals surface area contributed by atoms with E-state index in [0.29, 0.717) is 55.8 Å². The molecule has 0 spiro atoms. The molecule has 188 valence electrons. The van der Waals surface area contributed by atoms with E-state index < -0.39 is 0 Å². The van der Waals surface area contributed by atoms with Crippen LogP contribution in [0.1, 0.15) is 29.1 Å². The Kier molecular flexibility index (Phi) is 7.74. The Morgan fingerprint density at radius 1 is 1.03 bits per heavy atom. The lowest BCUT2D eigenvalue weighted by atomic mass is 9.95. The number of rotatable bonds is 6. The van der Waals surface area contributed by atoms with Crippen molar-refractivity contribution in [3.63, 3.8) is 0 Å². The lowest BCUT2D eigenvalue weighted by molar-refractivity contribution is -0.121. The molecular weight excluding hydrogens is 526 g/mol. The molecule has 2 aromatic carbocycles. The van der Waals surface area contributed by atoms with Gasteiger partial charge in [-0.2, -0.15) is 4.98 Å². The second kappa shape index (κ2) is 11.3. The van der Waals surface area contributed by atoms with Gasteiger partial charge in [0.2, 0.25) is 17.6 Å². The van der Waals surface area contributed by atoms with Gasteiger partial charge in [0.1, 0.15) is 0 Å². The van der Waals surface area contributed by atoms with Gasteiger partial charge in [0.15, 0.2) is 0 Å². The SMILES string of the molecule is O=C(Nc1ccccc1C(=O)N1CCOCC1)C1CCN(Cc2nc(-c3cccc(Br)c3)no2)CC1. The number of halogens is 1. The molecule has 2 saturated heterocycles. The fraction of sp³-hybridized carbons (Fsp3) is 0.385. The Labute approximate surface area is 217 Å². The minimum Gasteiger partial charge on any atom is -0.378 e. The van der Waals surface area contributed by atoms with Gasteiger partial charge in [0, 0.05) is 29.0 Å². The third kappa shape index (κ3) is 5.83. The normalized spacial score (nSPS) is 17.2. The summed E-state index contributed by atoms with van der Waals surface area (Å²) in [6.07, 6.45) is 1.44. The maximum Gasteiger partial charge on any atom is 0.256 e. The summed E-state index contributed by atoms with van der Waals surface area (Å²) in [5, 5.41) is 7.11. The van der Waals surface area contributed by atoms with Crippen LogP contribution in [0.4, 0.5) is 5.69 Å². The molecule has 2 fully saturated rings. The Morgan fingerprint density at radius 3 is 2.58 bits per heavy atom. The fourth-order valence-electron chi connectivity index (χ4n) is 4.56. The van der Waals surface area contributed by atoms with E-state index in [1.807, 2.05) is 36.4 Å². The molecule has 0 unspecified atom stereocenters.